The Morgan fingerprint density at radius 1 is 1.21 bits per heavy atom. The average molecular weight is 412 g/mol. The Morgan fingerprint density at radius 2 is 2.03 bits per heavy atom. The summed E-state index contributed by atoms with van der Waals surface area (Å²) in [6.45, 7) is 0.660. The number of carboxylic acid groups (broad SMARTS) is 1. The monoisotopic (exact) mass is 411 g/mol. The third-order valence-corrected chi connectivity index (χ3v) is 6.60. The van der Waals surface area contributed by atoms with E-state index in [-0.39, 0.29) is 0 Å². The number of pyridine rings is 1. The van der Waals surface area contributed by atoms with Gasteiger partial charge < -0.3 is 15.4 Å². The molecule has 152 valence electrons. The normalized spacial score (nSPS) is 16.0. The Hall–Kier alpha value is -2.74. The molecule has 29 heavy (non-hydrogen) atoms. The van der Waals surface area contributed by atoms with Crippen LogP contribution in [-0.4, -0.2) is 30.6 Å². The van der Waals surface area contributed by atoms with Crippen LogP contribution in [0.1, 0.15) is 65.1 Å². The molecule has 4 rings (SSSR count). The molecule has 0 spiro atoms. The number of hydrogen-bond acceptors (Lipinski definition) is 6. The van der Waals surface area contributed by atoms with E-state index < -0.39 is 11.9 Å². The number of aromatic nitrogens is 4. The fraction of sp³-hybridized carbons (Fsp3) is 0.429. The number of anilines is 1. The van der Waals surface area contributed by atoms with E-state index in [0.29, 0.717) is 30.4 Å². The van der Waals surface area contributed by atoms with Gasteiger partial charge in [0.15, 0.2) is 0 Å². The highest BCUT2D eigenvalue weighted by Gasteiger charge is 2.23. The highest BCUT2D eigenvalue weighted by Crippen LogP contribution is 2.35. The number of thiazole rings is 1. The lowest BCUT2D eigenvalue weighted by molar-refractivity contribution is -0.138. The predicted molar refractivity (Wildman–Crippen MR) is 112 cm³/mol. The lowest BCUT2D eigenvalue weighted by Crippen LogP contribution is -2.15. The number of carboxylic acids is 1. The minimum absolute atomic E-state index is 0.325. The zero-order valence-electron chi connectivity index (χ0n) is 16.2. The molecule has 0 bridgehead atoms. The minimum atomic E-state index is -0.899. The first kappa shape index (κ1) is 19.6. The smallest absolute Gasteiger partial charge is 0.312 e. The summed E-state index contributed by atoms with van der Waals surface area (Å²) in [7, 11) is 0. The molecule has 3 aromatic heterocycles. The van der Waals surface area contributed by atoms with Crippen molar-refractivity contribution in [2.75, 3.05) is 5.73 Å². The van der Waals surface area contributed by atoms with Crippen molar-refractivity contribution in [3.05, 3.63) is 58.2 Å². The molecule has 1 aliphatic carbocycles. The largest absolute Gasteiger partial charge is 0.481 e. The Labute approximate surface area is 173 Å². The van der Waals surface area contributed by atoms with Crippen molar-refractivity contribution < 1.29 is 9.90 Å². The van der Waals surface area contributed by atoms with Crippen molar-refractivity contribution in [3.8, 4) is 0 Å². The second-order valence-corrected chi connectivity index (χ2v) is 8.80. The Bertz CT molecular complexity index is 960. The van der Waals surface area contributed by atoms with Crippen LogP contribution < -0.4 is 5.73 Å². The summed E-state index contributed by atoms with van der Waals surface area (Å²) in [6.07, 6.45) is 13.8. The van der Waals surface area contributed by atoms with Gasteiger partial charge in [0, 0.05) is 29.4 Å². The Kier molecular flexibility index (Phi) is 5.89. The van der Waals surface area contributed by atoms with Crippen LogP contribution in [0.5, 0.6) is 0 Å². The SMILES string of the molecule is Nc1ccc(CC(C(=O)O)c2cn(Cc3cnc(C4CCCCC4)s3)cn2)cn1. The quantitative estimate of drug-likeness (QED) is 0.612. The van der Waals surface area contributed by atoms with Gasteiger partial charge in [-0.2, -0.15) is 0 Å². The van der Waals surface area contributed by atoms with Gasteiger partial charge in [0.25, 0.3) is 0 Å². The first-order valence-corrected chi connectivity index (χ1v) is 10.8. The molecule has 3 N–H and O–H groups in total. The molecular weight excluding hydrogens is 386 g/mol. The van der Waals surface area contributed by atoms with Crippen molar-refractivity contribution in [2.24, 2.45) is 0 Å². The third kappa shape index (κ3) is 4.82. The van der Waals surface area contributed by atoms with Crippen molar-refractivity contribution in [3.63, 3.8) is 0 Å². The summed E-state index contributed by atoms with van der Waals surface area (Å²) < 4.78 is 1.94. The molecule has 1 saturated carbocycles. The molecule has 0 aliphatic heterocycles. The summed E-state index contributed by atoms with van der Waals surface area (Å²) in [5.74, 6) is -0.599. The van der Waals surface area contributed by atoms with Crippen LogP contribution in [0, 0.1) is 0 Å². The van der Waals surface area contributed by atoms with Gasteiger partial charge in [0.1, 0.15) is 11.7 Å². The van der Waals surface area contributed by atoms with E-state index in [4.69, 9.17) is 5.73 Å². The molecule has 3 aromatic rings. The van der Waals surface area contributed by atoms with E-state index in [9.17, 15) is 9.90 Å². The van der Waals surface area contributed by atoms with E-state index in [1.165, 1.54) is 42.0 Å². The van der Waals surface area contributed by atoms with Gasteiger partial charge in [0.05, 0.1) is 23.6 Å². The van der Waals surface area contributed by atoms with Crippen molar-refractivity contribution in [1.29, 1.82) is 0 Å². The number of nitrogens with two attached hydrogens (primary N) is 1. The van der Waals surface area contributed by atoms with Crippen LogP contribution in [-0.2, 0) is 17.8 Å². The maximum absolute atomic E-state index is 11.8. The summed E-state index contributed by atoms with van der Waals surface area (Å²) >= 11 is 1.77. The molecule has 8 heteroatoms. The molecular formula is C21H25N5O2S. The molecule has 0 saturated heterocycles. The number of hydrogen-bond donors (Lipinski definition) is 2. The highest BCUT2D eigenvalue weighted by atomic mass is 32.1. The summed E-state index contributed by atoms with van der Waals surface area (Å²) in [4.78, 5) is 26.0. The first-order chi connectivity index (χ1) is 14.1. The number of nitrogen functional groups attached to an aromatic ring is 1. The molecule has 0 radical (unpaired) electrons. The van der Waals surface area contributed by atoms with Gasteiger partial charge in [-0.05, 0) is 30.9 Å². The van der Waals surface area contributed by atoms with E-state index in [0.717, 1.165) is 5.56 Å². The standard InChI is InChI=1S/C21H25N5O2S/c22-19-7-6-14(9-23-19)8-17(21(27)28)18-12-26(13-25-18)11-16-10-24-20(29-16)15-4-2-1-3-5-15/h6-7,9-10,12-13,15,17H,1-5,8,11H2,(H2,22,23)(H,27,28). The summed E-state index contributed by atoms with van der Waals surface area (Å²) in [5.41, 5.74) is 6.97. The summed E-state index contributed by atoms with van der Waals surface area (Å²) in [6, 6.07) is 3.49. The lowest BCUT2D eigenvalue weighted by atomic mass is 9.90. The van der Waals surface area contributed by atoms with Crippen LogP contribution >= 0.6 is 11.3 Å². The number of imidazole rings is 1. The van der Waals surface area contributed by atoms with Gasteiger partial charge in [-0.1, -0.05) is 25.3 Å². The van der Waals surface area contributed by atoms with Crippen LogP contribution in [0.3, 0.4) is 0 Å². The highest BCUT2D eigenvalue weighted by molar-refractivity contribution is 7.11. The second-order valence-electron chi connectivity index (χ2n) is 7.66. The van der Waals surface area contributed by atoms with E-state index in [1.807, 2.05) is 17.0 Å². The molecule has 0 aromatic carbocycles. The fourth-order valence-corrected chi connectivity index (χ4v) is 4.96. The second kappa shape index (κ2) is 8.73. The van der Waals surface area contributed by atoms with Gasteiger partial charge in [-0.25, -0.2) is 15.0 Å². The predicted octanol–water partition coefficient (Wildman–Crippen LogP) is 3.82. The molecule has 7 nitrogen and oxygen atoms in total. The molecule has 3 heterocycles. The van der Waals surface area contributed by atoms with Crippen LogP contribution in [0.15, 0.2) is 37.1 Å². The van der Waals surface area contributed by atoms with Gasteiger partial charge in [-0.15, -0.1) is 11.3 Å². The van der Waals surface area contributed by atoms with Gasteiger partial charge in [0.2, 0.25) is 0 Å². The Morgan fingerprint density at radius 3 is 2.76 bits per heavy atom. The minimum Gasteiger partial charge on any atom is -0.481 e. The van der Waals surface area contributed by atoms with Crippen molar-refractivity contribution in [2.45, 2.75) is 56.9 Å². The topological polar surface area (TPSA) is 107 Å². The zero-order valence-corrected chi connectivity index (χ0v) is 17.0. The van der Waals surface area contributed by atoms with Crippen LogP contribution in [0.2, 0.25) is 0 Å². The Balaban J connectivity index is 1.44. The fourth-order valence-electron chi connectivity index (χ4n) is 3.87. The third-order valence-electron chi connectivity index (χ3n) is 5.46. The number of rotatable bonds is 7. The van der Waals surface area contributed by atoms with E-state index in [2.05, 4.69) is 15.0 Å². The average Bonchev–Trinajstić information content (AvgIpc) is 3.38. The molecule has 1 unspecified atom stereocenters. The van der Waals surface area contributed by atoms with Crippen LogP contribution in [0.25, 0.3) is 0 Å². The lowest BCUT2D eigenvalue weighted by Gasteiger charge is -2.18. The number of nitrogens with zero attached hydrogens (tertiary/aromatic N) is 4. The van der Waals surface area contributed by atoms with Crippen molar-refractivity contribution in [1.82, 2.24) is 19.5 Å². The molecule has 1 atom stereocenters. The molecule has 1 aliphatic rings. The van der Waals surface area contributed by atoms with Gasteiger partial charge >= 0.3 is 5.97 Å². The zero-order chi connectivity index (χ0) is 20.2. The first-order valence-electron chi connectivity index (χ1n) is 9.98. The molecule has 1 fully saturated rings. The number of carbonyl (C=O) groups is 1. The number of aliphatic carboxylic acids is 1. The van der Waals surface area contributed by atoms with E-state index >= 15 is 0 Å². The molecule has 0 amide bonds. The maximum Gasteiger partial charge on any atom is 0.312 e. The summed E-state index contributed by atoms with van der Waals surface area (Å²) in [5, 5.41) is 10.9. The van der Waals surface area contributed by atoms with Crippen molar-refractivity contribution >= 4 is 23.1 Å². The van der Waals surface area contributed by atoms with Crippen LogP contribution in [0.4, 0.5) is 5.82 Å². The maximum atomic E-state index is 11.8. The van der Waals surface area contributed by atoms with E-state index in [1.54, 1.807) is 36.0 Å². The van der Waals surface area contributed by atoms with Gasteiger partial charge in [-0.3, -0.25) is 4.79 Å².